The number of anilines is 1. The van der Waals surface area contributed by atoms with Crippen LogP contribution in [-0.2, 0) is 4.79 Å². The monoisotopic (exact) mass is 474 g/mol. The maximum Gasteiger partial charge on any atom is 0.387 e. The third-order valence-electron chi connectivity index (χ3n) is 5.48. The van der Waals surface area contributed by atoms with Crippen molar-refractivity contribution in [1.29, 1.82) is 0 Å². The van der Waals surface area contributed by atoms with Gasteiger partial charge < -0.3 is 15.0 Å². The van der Waals surface area contributed by atoms with Crippen molar-refractivity contribution in [2.75, 3.05) is 18.4 Å². The van der Waals surface area contributed by atoms with Gasteiger partial charge in [0, 0.05) is 18.8 Å². The van der Waals surface area contributed by atoms with Gasteiger partial charge in [0.15, 0.2) is 5.82 Å². The zero-order valence-electron chi connectivity index (χ0n) is 18.1. The minimum atomic E-state index is -3.06. The Morgan fingerprint density at radius 2 is 2.00 bits per heavy atom. The molecule has 0 saturated carbocycles. The third-order valence-corrected chi connectivity index (χ3v) is 5.48. The van der Waals surface area contributed by atoms with Crippen molar-refractivity contribution in [1.82, 2.24) is 25.1 Å². The van der Waals surface area contributed by atoms with E-state index < -0.39 is 24.3 Å². The molecule has 178 valence electrons. The molecule has 1 fully saturated rings. The van der Waals surface area contributed by atoms with Crippen LogP contribution < -0.4 is 10.1 Å². The predicted molar refractivity (Wildman–Crippen MR) is 114 cm³/mol. The summed E-state index contributed by atoms with van der Waals surface area (Å²) < 4.78 is 45.4. The molecule has 2 heterocycles. The first-order chi connectivity index (χ1) is 16.3. The molecular weight excluding hydrogens is 453 g/mol. The van der Waals surface area contributed by atoms with Gasteiger partial charge in [-0.15, -0.1) is 5.10 Å². The van der Waals surface area contributed by atoms with Crippen molar-refractivity contribution in [3.63, 3.8) is 0 Å². The number of carbonyl (C=O) groups excluding carboxylic acids is 2. The number of piperidine rings is 1. The fraction of sp³-hybridized carbons (Fsp3) is 0.318. The minimum absolute atomic E-state index is 0.00356. The predicted octanol–water partition coefficient (Wildman–Crippen LogP) is 3.20. The number of alkyl halides is 2. The molecule has 0 aliphatic carbocycles. The summed E-state index contributed by atoms with van der Waals surface area (Å²) in [5.41, 5.74) is 0.427. The van der Waals surface area contributed by atoms with Crippen molar-refractivity contribution in [2.45, 2.75) is 26.4 Å². The zero-order valence-corrected chi connectivity index (χ0v) is 18.1. The van der Waals surface area contributed by atoms with Gasteiger partial charge in [0.25, 0.3) is 5.91 Å². The first-order valence-electron chi connectivity index (χ1n) is 10.5. The number of amides is 2. The van der Waals surface area contributed by atoms with E-state index in [1.54, 1.807) is 13.0 Å². The lowest BCUT2D eigenvalue weighted by Gasteiger charge is -2.32. The molecule has 0 bridgehead atoms. The van der Waals surface area contributed by atoms with Crippen molar-refractivity contribution in [3.05, 3.63) is 59.7 Å². The molecule has 2 aromatic carbocycles. The molecule has 1 aromatic heterocycles. The number of nitrogens with one attached hydrogen (secondary N) is 1. The fourth-order valence-corrected chi connectivity index (χ4v) is 3.84. The van der Waals surface area contributed by atoms with Crippen LogP contribution in [0.25, 0.3) is 5.69 Å². The average Bonchev–Trinajstić information content (AvgIpc) is 3.25. The Morgan fingerprint density at radius 3 is 2.74 bits per heavy atom. The highest BCUT2D eigenvalue weighted by molar-refractivity contribution is 5.98. The molecule has 1 atom stereocenters. The van der Waals surface area contributed by atoms with Gasteiger partial charge in [-0.1, -0.05) is 12.1 Å². The Bertz CT molecular complexity index is 1200. The highest BCUT2D eigenvalue weighted by Gasteiger charge is 2.30. The van der Waals surface area contributed by atoms with E-state index in [1.165, 1.54) is 46.0 Å². The Morgan fingerprint density at radius 1 is 1.21 bits per heavy atom. The summed E-state index contributed by atoms with van der Waals surface area (Å²) in [7, 11) is 0. The van der Waals surface area contributed by atoms with E-state index in [1.807, 2.05) is 0 Å². The number of nitrogens with zero attached hydrogens (tertiary/aromatic N) is 5. The summed E-state index contributed by atoms with van der Waals surface area (Å²) in [5, 5.41) is 13.7. The molecule has 34 heavy (non-hydrogen) atoms. The standard InChI is InChI=1S/C22H21F3N6O3/c1-13-27-28-29-31(13)18-11-15(8-9-17(18)23)26-20(32)14-5-4-10-30(12-14)21(33)16-6-2-3-7-19(16)34-22(24)25/h2-3,6-9,11,14,22H,4-5,10,12H2,1H3,(H,26,32). The average molecular weight is 474 g/mol. The van der Waals surface area contributed by atoms with E-state index in [9.17, 15) is 22.8 Å². The molecule has 1 aliphatic heterocycles. The molecule has 12 heteroatoms. The van der Waals surface area contributed by atoms with Gasteiger partial charge in [-0.05, 0) is 60.5 Å². The quantitative estimate of drug-likeness (QED) is 0.589. The number of aromatic nitrogens is 4. The SMILES string of the molecule is Cc1nnnn1-c1cc(NC(=O)C2CCCN(C(=O)c3ccccc3OC(F)F)C2)ccc1F. The van der Waals surface area contributed by atoms with Crippen LogP contribution in [0.15, 0.2) is 42.5 Å². The first kappa shape index (κ1) is 23.2. The molecule has 1 saturated heterocycles. The van der Waals surface area contributed by atoms with Crippen LogP contribution in [0.3, 0.4) is 0 Å². The highest BCUT2D eigenvalue weighted by Crippen LogP contribution is 2.26. The first-order valence-corrected chi connectivity index (χ1v) is 10.5. The van der Waals surface area contributed by atoms with Gasteiger partial charge in [-0.3, -0.25) is 9.59 Å². The van der Waals surface area contributed by atoms with E-state index in [2.05, 4.69) is 25.6 Å². The Kier molecular flexibility index (Phi) is 6.75. The van der Waals surface area contributed by atoms with Crippen molar-refractivity contribution < 1.29 is 27.5 Å². The number of hydrogen-bond acceptors (Lipinski definition) is 6. The number of likely N-dealkylation sites (tertiary alicyclic amines) is 1. The lowest BCUT2D eigenvalue weighted by Crippen LogP contribution is -2.43. The third kappa shape index (κ3) is 5.00. The summed E-state index contributed by atoms with van der Waals surface area (Å²) in [5.74, 6) is -1.78. The molecule has 0 spiro atoms. The number of halogens is 3. The van der Waals surface area contributed by atoms with Gasteiger partial charge in [0.1, 0.15) is 17.3 Å². The van der Waals surface area contributed by atoms with Crippen LogP contribution in [0.5, 0.6) is 5.75 Å². The topological polar surface area (TPSA) is 102 Å². The van der Waals surface area contributed by atoms with Crippen LogP contribution in [0, 0.1) is 18.7 Å². The van der Waals surface area contributed by atoms with Gasteiger partial charge in [0.2, 0.25) is 5.91 Å². The maximum atomic E-state index is 14.3. The zero-order chi connectivity index (χ0) is 24.2. The lowest BCUT2D eigenvalue weighted by molar-refractivity contribution is -0.121. The second-order valence-corrected chi connectivity index (χ2v) is 7.76. The van der Waals surface area contributed by atoms with Crippen molar-refractivity contribution in [3.8, 4) is 11.4 Å². The smallest absolute Gasteiger partial charge is 0.387 e. The second-order valence-electron chi connectivity index (χ2n) is 7.76. The molecule has 1 unspecified atom stereocenters. The molecule has 2 amide bonds. The molecule has 0 radical (unpaired) electrons. The molecule has 3 aromatic rings. The Balaban J connectivity index is 1.47. The second kappa shape index (κ2) is 9.89. The summed E-state index contributed by atoms with van der Waals surface area (Å²) in [6.45, 7) is -0.965. The number of hydrogen-bond donors (Lipinski definition) is 1. The molecule has 4 rings (SSSR count). The Labute approximate surface area is 192 Å². The summed E-state index contributed by atoms with van der Waals surface area (Å²) in [4.78, 5) is 27.3. The van der Waals surface area contributed by atoms with E-state index >= 15 is 0 Å². The minimum Gasteiger partial charge on any atom is -0.434 e. The van der Waals surface area contributed by atoms with Crippen molar-refractivity contribution in [2.24, 2.45) is 5.92 Å². The maximum absolute atomic E-state index is 14.3. The number of benzene rings is 2. The van der Waals surface area contributed by atoms with Gasteiger partial charge >= 0.3 is 6.61 Å². The van der Waals surface area contributed by atoms with Crippen molar-refractivity contribution >= 4 is 17.5 Å². The van der Waals surface area contributed by atoms with Crippen LogP contribution in [0.4, 0.5) is 18.9 Å². The molecule has 9 nitrogen and oxygen atoms in total. The number of ether oxygens (including phenoxy) is 1. The van der Waals surface area contributed by atoms with E-state index in [0.29, 0.717) is 30.9 Å². The summed E-state index contributed by atoms with van der Waals surface area (Å²) >= 11 is 0. The summed E-state index contributed by atoms with van der Waals surface area (Å²) in [6, 6.07) is 9.78. The van der Waals surface area contributed by atoms with Crippen LogP contribution in [0.2, 0.25) is 0 Å². The Hall–Kier alpha value is -3.96. The number of rotatable bonds is 6. The van der Waals surface area contributed by atoms with Gasteiger partial charge in [-0.25, -0.2) is 4.39 Å². The van der Waals surface area contributed by atoms with Crippen LogP contribution in [0.1, 0.15) is 29.0 Å². The van der Waals surface area contributed by atoms with Crippen LogP contribution >= 0.6 is 0 Å². The van der Waals surface area contributed by atoms with E-state index in [-0.39, 0.29) is 29.5 Å². The molecular formula is C22H21F3N6O3. The van der Waals surface area contributed by atoms with Crippen LogP contribution in [-0.4, -0.2) is 56.6 Å². The number of carbonyl (C=O) groups is 2. The number of tetrazole rings is 1. The normalized spacial score (nSPS) is 15.9. The molecule has 1 N–H and O–H groups in total. The van der Waals surface area contributed by atoms with E-state index in [0.717, 1.165) is 0 Å². The summed E-state index contributed by atoms with van der Waals surface area (Å²) in [6.07, 6.45) is 1.09. The van der Waals surface area contributed by atoms with E-state index in [4.69, 9.17) is 0 Å². The van der Waals surface area contributed by atoms with Gasteiger partial charge in [-0.2, -0.15) is 13.5 Å². The highest BCUT2D eigenvalue weighted by atomic mass is 19.3. The molecule has 1 aliphatic rings. The fourth-order valence-electron chi connectivity index (χ4n) is 3.84. The number of aryl methyl sites for hydroxylation is 1. The number of para-hydroxylation sites is 1. The lowest BCUT2D eigenvalue weighted by atomic mass is 9.96. The van der Waals surface area contributed by atoms with Gasteiger partial charge in [0.05, 0.1) is 11.5 Å². The largest absolute Gasteiger partial charge is 0.434 e.